The van der Waals surface area contributed by atoms with Crippen molar-refractivity contribution in [1.29, 1.82) is 0 Å². The molecule has 1 N–H and O–H groups in total. The number of methoxy groups -OCH3 is 1. The van der Waals surface area contributed by atoms with Gasteiger partial charge >= 0.3 is 0 Å². The average Bonchev–Trinajstić information content (AvgIpc) is 2.82. The first-order valence-electron chi connectivity index (χ1n) is 9.90. The summed E-state index contributed by atoms with van der Waals surface area (Å²) in [6, 6.07) is 23.6. The molecule has 6 nitrogen and oxygen atoms in total. The maximum atomic E-state index is 6.19. The molecule has 0 saturated carbocycles. The molecule has 6 heteroatoms. The molecule has 0 aliphatic carbocycles. The van der Waals surface area contributed by atoms with E-state index < -0.39 is 0 Å². The number of anilines is 1. The zero-order chi connectivity index (χ0) is 21.2. The van der Waals surface area contributed by atoms with Gasteiger partial charge in [0.05, 0.1) is 18.0 Å². The first-order valence-corrected chi connectivity index (χ1v) is 9.90. The van der Waals surface area contributed by atoms with Crippen molar-refractivity contribution < 1.29 is 9.15 Å². The number of ether oxygens (including phenoxy) is 1. The summed E-state index contributed by atoms with van der Waals surface area (Å²) in [5.41, 5.74) is 6.81. The van der Waals surface area contributed by atoms with Crippen LogP contribution in [0.3, 0.4) is 0 Å². The predicted molar refractivity (Wildman–Crippen MR) is 122 cm³/mol. The highest BCUT2D eigenvalue weighted by Crippen LogP contribution is 2.25. The van der Waals surface area contributed by atoms with Crippen LogP contribution in [0.4, 0.5) is 5.82 Å². The van der Waals surface area contributed by atoms with Gasteiger partial charge in [-0.3, -0.25) is 5.43 Å². The smallest absolute Gasteiger partial charge is 0.157 e. The fourth-order valence-electron chi connectivity index (χ4n) is 3.48. The minimum atomic E-state index is 0.651. The number of para-hydroxylation sites is 1. The fourth-order valence-corrected chi connectivity index (χ4v) is 3.48. The van der Waals surface area contributed by atoms with Gasteiger partial charge in [-0.2, -0.15) is 5.10 Å². The molecule has 0 aliphatic rings. The number of hydrogen-bond donors (Lipinski definition) is 1. The van der Waals surface area contributed by atoms with E-state index in [1.54, 1.807) is 7.11 Å². The normalized spacial score (nSPS) is 11.7. The lowest BCUT2D eigenvalue weighted by molar-refractivity contribution is 0.415. The van der Waals surface area contributed by atoms with E-state index in [9.17, 15) is 0 Å². The van der Waals surface area contributed by atoms with Crippen LogP contribution in [0.15, 0.2) is 88.6 Å². The Morgan fingerprint density at radius 2 is 1.74 bits per heavy atom. The van der Waals surface area contributed by atoms with Crippen LogP contribution in [0.1, 0.15) is 5.56 Å². The van der Waals surface area contributed by atoms with E-state index in [0.29, 0.717) is 11.6 Å². The van der Waals surface area contributed by atoms with Crippen LogP contribution in [0.2, 0.25) is 0 Å². The van der Waals surface area contributed by atoms with E-state index in [0.717, 1.165) is 44.1 Å². The molecule has 2 aromatic heterocycles. The molecular formula is C25H20N4O2. The third-order valence-electron chi connectivity index (χ3n) is 5.10. The van der Waals surface area contributed by atoms with E-state index >= 15 is 0 Å². The molecule has 152 valence electrons. The van der Waals surface area contributed by atoms with Crippen LogP contribution in [0.25, 0.3) is 33.2 Å². The molecule has 0 atom stereocenters. The summed E-state index contributed by atoms with van der Waals surface area (Å²) in [6.45, 7) is 2.05. The van der Waals surface area contributed by atoms with Crippen LogP contribution in [0.5, 0.6) is 5.75 Å². The summed E-state index contributed by atoms with van der Waals surface area (Å²) in [4.78, 5) is 8.67. The van der Waals surface area contributed by atoms with E-state index in [1.807, 2.05) is 73.7 Å². The summed E-state index contributed by atoms with van der Waals surface area (Å²) < 4.78 is 11.4. The summed E-state index contributed by atoms with van der Waals surface area (Å²) in [6.07, 6.45) is 1.53. The maximum absolute atomic E-state index is 6.19. The molecule has 0 spiro atoms. The van der Waals surface area contributed by atoms with Crippen molar-refractivity contribution in [3.05, 3.63) is 90.0 Å². The van der Waals surface area contributed by atoms with Gasteiger partial charge in [0.25, 0.3) is 0 Å². The van der Waals surface area contributed by atoms with Crippen LogP contribution in [-0.4, -0.2) is 17.1 Å². The lowest BCUT2D eigenvalue weighted by Gasteiger charge is -2.08. The molecule has 31 heavy (non-hydrogen) atoms. The largest absolute Gasteiger partial charge is 0.497 e. The van der Waals surface area contributed by atoms with Crippen molar-refractivity contribution in [2.24, 2.45) is 5.10 Å². The molecule has 0 saturated heterocycles. The first kappa shape index (κ1) is 18.8. The number of hydrogen-bond acceptors (Lipinski definition) is 6. The Kier molecular flexibility index (Phi) is 4.80. The zero-order valence-corrected chi connectivity index (χ0v) is 17.2. The van der Waals surface area contributed by atoms with Gasteiger partial charge in [0.1, 0.15) is 23.4 Å². The Hall–Kier alpha value is -4.19. The Morgan fingerprint density at radius 3 is 2.58 bits per heavy atom. The second-order valence-corrected chi connectivity index (χ2v) is 7.19. The van der Waals surface area contributed by atoms with Crippen LogP contribution >= 0.6 is 0 Å². The summed E-state index contributed by atoms with van der Waals surface area (Å²) in [7, 11) is 1.65. The molecule has 3 aromatic carbocycles. The van der Waals surface area contributed by atoms with Gasteiger partial charge in [0.2, 0.25) is 0 Å². The Balaban J connectivity index is 1.66. The third-order valence-corrected chi connectivity index (χ3v) is 5.10. The summed E-state index contributed by atoms with van der Waals surface area (Å²) >= 11 is 0. The van der Waals surface area contributed by atoms with Gasteiger partial charge in [0, 0.05) is 22.4 Å². The summed E-state index contributed by atoms with van der Waals surface area (Å²) in [5.74, 6) is 2.16. The van der Waals surface area contributed by atoms with E-state index in [1.165, 1.54) is 6.33 Å². The minimum Gasteiger partial charge on any atom is -0.497 e. The number of aryl methyl sites for hydroxylation is 1. The van der Waals surface area contributed by atoms with Crippen LogP contribution < -0.4 is 15.5 Å². The molecule has 5 rings (SSSR count). The van der Waals surface area contributed by atoms with E-state index in [-0.39, 0.29) is 0 Å². The Bertz CT molecular complexity index is 1450. The Morgan fingerprint density at radius 1 is 0.903 bits per heavy atom. The van der Waals surface area contributed by atoms with Crippen LogP contribution in [-0.2, 0) is 0 Å². The third kappa shape index (κ3) is 3.71. The van der Waals surface area contributed by atoms with Gasteiger partial charge in [-0.05, 0) is 55.5 Å². The first-order chi connectivity index (χ1) is 15.2. The van der Waals surface area contributed by atoms with Gasteiger partial charge < -0.3 is 9.15 Å². The molecule has 0 unspecified atom stereocenters. The predicted octanol–water partition coefficient (Wildman–Crippen LogP) is 5.29. The second-order valence-electron chi connectivity index (χ2n) is 7.19. The topological polar surface area (TPSA) is 72.5 Å². The van der Waals surface area contributed by atoms with Crippen molar-refractivity contribution in [2.75, 3.05) is 12.5 Å². The highest BCUT2D eigenvalue weighted by atomic mass is 16.5. The van der Waals surface area contributed by atoms with E-state index in [4.69, 9.17) is 14.3 Å². The summed E-state index contributed by atoms with van der Waals surface area (Å²) in [5, 5.41) is 7.28. The van der Waals surface area contributed by atoms with Crippen molar-refractivity contribution in [3.63, 3.8) is 0 Å². The highest BCUT2D eigenvalue weighted by Gasteiger charge is 2.08. The molecule has 0 amide bonds. The Labute approximate surface area is 178 Å². The SMILES string of the molecule is COc1ccc(-c2cc(=NNc3ncnc4ccccc34)c3cc(C)ccc3o2)cc1. The number of nitrogens with zero attached hydrogens (tertiary/aromatic N) is 3. The standard InChI is InChI=1S/C25H20N4O2/c1-16-7-12-23-20(13-16)22(14-24(31-23)17-8-10-18(30-2)11-9-17)28-29-25-19-5-3-4-6-21(19)26-15-27-25/h3-15H,1-2H3,(H,26,27,29). The molecule has 0 radical (unpaired) electrons. The van der Waals surface area contributed by atoms with E-state index in [2.05, 4.69) is 21.5 Å². The maximum Gasteiger partial charge on any atom is 0.157 e. The lowest BCUT2D eigenvalue weighted by Crippen LogP contribution is -2.08. The van der Waals surface area contributed by atoms with Gasteiger partial charge in [0.15, 0.2) is 5.82 Å². The number of benzene rings is 3. The van der Waals surface area contributed by atoms with Crippen molar-refractivity contribution in [3.8, 4) is 17.1 Å². The number of rotatable bonds is 4. The molecule has 0 bridgehead atoms. The van der Waals surface area contributed by atoms with Crippen molar-refractivity contribution in [2.45, 2.75) is 6.92 Å². The van der Waals surface area contributed by atoms with Gasteiger partial charge in [-0.15, -0.1) is 0 Å². The monoisotopic (exact) mass is 408 g/mol. The second kappa shape index (κ2) is 7.91. The molecule has 0 fully saturated rings. The number of fused-ring (bicyclic) bond motifs is 2. The van der Waals surface area contributed by atoms with Gasteiger partial charge in [-0.1, -0.05) is 23.8 Å². The number of nitrogens with one attached hydrogen (secondary N) is 1. The number of aromatic nitrogens is 2. The van der Waals surface area contributed by atoms with Crippen molar-refractivity contribution in [1.82, 2.24) is 9.97 Å². The minimum absolute atomic E-state index is 0.651. The fraction of sp³-hybridized carbons (Fsp3) is 0.0800. The van der Waals surface area contributed by atoms with Crippen molar-refractivity contribution >= 4 is 27.7 Å². The molecule has 2 heterocycles. The van der Waals surface area contributed by atoms with Gasteiger partial charge in [-0.25, -0.2) is 9.97 Å². The average molecular weight is 408 g/mol. The highest BCUT2D eigenvalue weighted by molar-refractivity contribution is 5.88. The molecule has 5 aromatic rings. The quantitative estimate of drug-likeness (QED) is 0.409. The molecule has 0 aliphatic heterocycles. The lowest BCUT2D eigenvalue weighted by atomic mass is 10.1. The zero-order valence-electron chi connectivity index (χ0n) is 17.2. The van der Waals surface area contributed by atoms with Crippen LogP contribution in [0, 0.1) is 6.92 Å². The molecular weight excluding hydrogens is 388 g/mol.